The number of anilines is 1. The summed E-state index contributed by atoms with van der Waals surface area (Å²) in [4.78, 5) is 13.7. The van der Waals surface area contributed by atoms with Gasteiger partial charge in [-0.05, 0) is 32.4 Å². The molecular weight excluding hydrogens is 216 g/mol. The van der Waals surface area contributed by atoms with Crippen molar-refractivity contribution in [2.45, 2.75) is 27.2 Å². The van der Waals surface area contributed by atoms with Gasteiger partial charge in [-0.1, -0.05) is 6.92 Å². The van der Waals surface area contributed by atoms with Crippen LogP contribution in [0, 0.1) is 0 Å². The van der Waals surface area contributed by atoms with Gasteiger partial charge in [-0.3, -0.25) is 4.79 Å². The van der Waals surface area contributed by atoms with Crippen LogP contribution in [0.25, 0.3) is 0 Å². The summed E-state index contributed by atoms with van der Waals surface area (Å²) >= 11 is 0. The van der Waals surface area contributed by atoms with E-state index in [1.807, 2.05) is 13.0 Å². The molecule has 0 fully saturated rings. The van der Waals surface area contributed by atoms with Crippen LogP contribution in [-0.2, 0) is 0 Å². The van der Waals surface area contributed by atoms with Gasteiger partial charge >= 0.3 is 0 Å². The lowest BCUT2D eigenvalue weighted by molar-refractivity contribution is 0.0947. The number of hydrogen-bond donors (Lipinski definition) is 1. The Kier molecular flexibility index (Phi) is 5.39. The van der Waals surface area contributed by atoms with Crippen LogP contribution in [0.1, 0.15) is 37.7 Å². The summed E-state index contributed by atoms with van der Waals surface area (Å²) in [5.41, 5.74) is 0.370. The minimum Gasteiger partial charge on any atom is -0.356 e. The van der Waals surface area contributed by atoms with Gasteiger partial charge < -0.3 is 10.2 Å². The maximum atomic E-state index is 11.6. The van der Waals surface area contributed by atoms with Gasteiger partial charge in [0.1, 0.15) is 0 Å². The molecule has 1 aromatic heterocycles. The second-order valence-corrected chi connectivity index (χ2v) is 3.70. The molecule has 0 atom stereocenters. The fourth-order valence-corrected chi connectivity index (χ4v) is 1.49. The first-order valence-corrected chi connectivity index (χ1v) is 6.09. The average Bonchev–Trinajstić information content (AvgIpc) is 2.38. The van der Waals surface area contributed by atoms with Gasteiger partial charge in [0.05, 0.1) is 0 Å². The van der Waals surface area contributed by atoms with E-state index < -0.39 is 0 Å². The smallest absolute Gasteiger partial charge is 0.271 e. The number of aromatic nitrogens is 2. The largest absolute Gasteiger partial charge is 0.356 e. The van der Waals surface area contributed by atoms with Gasteiger partial charge in [0.15, 0.2) is 11.5 Å². The van der Waals surface area contributed by atoms with E-state index in [1.165, 1.54) is 0 Å². The molecule has 0 unspecified atom stereocenters. The maximum Gasteiger partial charge on any atom is 0.271 e. The van der Waals surface area contributed by atoms with Gasteiger partial charge in [-0.25, -0.2) is 0 Å². The van der Waals surface area contributed by atoms with Crippen molar-refractivity contribution in [3.63, 3.8) is 0 Å². The van der Waals surface area contributed by atoms with E-state index in [-0.39, 0.29) is 5.91 Å². The first-order chi connectivity index (χ1) is 8.22. The van der Waals surface area contributed by atoms with Crippen LogP contribution < -0.4 is 10.2 Å². The molecule has 1 amide bonds. The molecule has 0 aliphatic carbocycles. The summed E-state index contributed by atoms with van der Waals surface area (Å²) in [6, 6.07) is 3.55. The van der Waals surface area contributed by atoms with Crippen LogP contribution in [0.2, 0.25) is 0 Å². The number of nitrogens with zero attached hydrogens (tertiary/aromatic N) is 3. The Balaban J connectivity index is 2.70. The third-order valence-corrected chi connectivity index (χ3v) is 2.51. The molecule has 0 aliphatic rings. The summed E-state index contributed by atoms with van der Waals surface area (Å²) in [6.45, 7) is 8.56. The number of hydrogen-bond acceptors (Lipinski definition) is 4. The fourth-order valence-electron chi connectivity index (χ4n) is 1.49. The Morgan fingerprint density at radius 3 is 2.41 bits per heavy atom. The molecule has 1 rings (SSSR count). The Morgan fingerprint density at radius 2 is 1.94 bits per heavy atom. The highest BCUT2D eigenvalue weighted by atomic mass is 16.1. The first-order valence-electron chi connectivity index (χ1n) is 6.09. The third kappa shape index (κ3) is 3.69. The number of nitrogens with one attached hydrogen (secondary N) is 1. The highest BCUT2D eigenvalue weighted by Crippen LogP contribution is 2.08. The molecular formula is C12H20N4O. The fraction of sp³-hybridized carbons (Fsp3) is 0.583. The Labute approximate surface area is 102 Å². The molecule has 5 nitrogen and oxygen atoms in total. The zero-order valence-corrected chi connectivity index (χ0v) is 10.7. The zero-order valence-electron chi connectivity index (χ0n) is 10.7. The molecule has 0 radical (unpaired) electrons. The quantitative estimate of drug-likeness (QED) is 0.812. The monoisotopic (exact) mass is 236 g/mol. The van der Waals surface area contributed by atoms with Crippen LogP contribution in [0.3, 0.4) is 0 Å². The van der Waals surface area contributed by atoms with Crippen LogP contribution in [-0.4, -0.2) is 35.7 Å². The van der Waals surface area contributed by atoms with Crippen molar-refractivity contribution in [3.05, 3.63) is 17.8 Å². The van der Waals surface area contributed by atoms with E-state index in [9.17, 15) is 4.79 Å². The van der Waals surface area contributed by atoms with E-state index in [4.69, 9.17) is 0 Å². The summed E-state index contributed by atoms with van der Waals surface area (Å²) in [5, 5.41) is 10.8. The molecule has 5 heteroatoms. The van der Waals surface area contributed by atoms with Crippen LogP contribution in [0.15, 0.2) is 12.1 Å². The molecule has 94 valence electrons. The zero-order chi connectivity index (χ0) is 12.7. The minimum atomic E-state index is -0.162. The summed E-state index contributed by atoms with van der Waals surface area (Å²) in [7, 11) is 0. The standard InChI is InChI=1S/C12H20N4O/c1-4-9-13-12(17)10-7-8-11(15-14-10)16(5-2)6-3/h7-8H,4-6,9H2,1-3H3,(H,13,17). The van der Waals surface area contributed by atoms with Crippen molar-refractivity contribution in [2.75, 3.05) is 24.5 Å². The predicted molar refractivity (Wildman–Crippen MR) is 68.2 cm³/mol. The lowest BCUT2D eigenvalue weighted by atomic mass is 10.3. The molecule has 17 heavy (non-hydrogen) atoms. The summed E-state index contributed by atoms with van der Waals surface area (Å²) in [5.74, 6) is 0.646. The maximum absolute atomic E-state index is 11.6. The molecule has 0 spiro atoms. The van der Waals surface area contributed by atoms with E-state index in [0.29, 0.717) is 12.2 Å². The van der Waals surface area contributed by atoms with Crippen LogP contribution in [0.4, 0.5) is 5.82 Å². The normalized spacial score (nSPS) is 10.1. The summed E-state index contributed by atoms with van der Waals surface area (Å²) in [6.07, 6.45) is 0.913. The molecule has 1 N–H and O–H groups in total. The van der Waals surface area contributed by atoms with Gasteiger partial charge in [0.2, 0.25) is 0 Å². The highest BCUT2D eigenvalue weighted by Gasteiger charge is 2.09. The summed E-state index contributed by atoms with van der Waals surface area (Å²) < 4.78 is 0. The van der Waals surface area contributed by atoms with Crippen LogP contribution in [0.5, 0.6) is 0 Å². The van der Waals surface area contributed by atoms with Crippen molar-refractivity contribution in [3.8, 4) is 0 Å². The topological polar surface area (TPSA) is 58.1 Å². The van der Waals surface area contributed by atoms with Gasteiger partial charge in [-0.2, -0.15) is 0 Å². The van der Waals surface area contributed by atoms with Crippen molar-refractivity contribution in [1.82, 2.24) is 15.5 Å². The van der Waals surface area contributed by atoms with Crippen molar-refractivity contribution in [1.29, 1.82) is 0 Å². The van der Waals surface area contributed by atoms with E-state index >= 15 is 0 Å². The van der Waals surface area contributed by atoms with Gasteiger partial charge in [-0.15, -0.1) is 10.2 Å². The average molecular weight is 236 g/mol. The SMILES string of the molecule is CCCNC(=O)c1ccc(N(CC)CC)nn1. The number of rotatable bonds is 6. The van der Waals surface area contributed by atoms with Crippen molar-refractivity contribution >= 4 is 11.7 Å². The molecule has 0 saturated heterocycles. The number of carbonyl (C=O) groups excluding carboxylic acids is 1. The second-order valence-electron chi connectivity index (χ2n) is 3.70. The van der Waals surface area contributed by atoms with E-state index in [0.717, 1.165) is 25.3 Å². The van der Waals surface area contributed by atoms with E-state index in [2.05, 4.69) is 34.3 Å². The Bertz CT molecular complexity index is 346. The van der Waals surface area contributed by atoms with E-state index in [1.54, 1.807) is 6.07 Å². The molecule has 1 aromatic rings. The van der Waals surface area contributed by atoms with Crippen LogP contribution >= 0.6 is 0 Å². The van der Waals surface area contributed by atoms with Gasteiger partial charge in [0.25, 0.3) is 5.91 Å². The second kappa shape index (κ2) is 6.83. The number of carbonyl (C=O) groups is 1. The molecule has 1 heterocycles. The van der Waals surface area contributed by atoms with Gasteiger partial charge in [0, 0.05) is 19.6 Å². The Morgan fingerprint density at radius 1 is 1.24 bits per heavy atom. The first kappa shape index (κ1) is 13.4. The minimum absolute atomic E-state index is 0.162. The molecule has 0 saturated carbocycles. The lowest BCUT2D eigenvalue weighted by Crippen LogP contribution is -2.27. The molecule has 0 aromatic carbocycles. The molecule has 0 aliphatic heterocycles. The Hall–Kier alpha value is -1.65. The van der Waals surface area contributed by atoms with Crippen molar-refractivity contribution in [2.24, 2.45) is 0 Å². The lowest BCUT2D eigenvalue weighted by Gasteiger charge is -2.18. The predicted octanol–water partition coefficient (Wildman–Crippen LogP) is 1.46. The number of amides is 1. The molecule has 0 bridgehead atoms. The highest BCUT2D eigenvalue weighted by molar-refractivity contribution is 5.92. The third-order valence-electron chi connectivity index (χ3n) is 2.51. The van der Waals surface area contributed by atoms with Crippen molar-refractivity contribution < 1.29 is 4.79 Å².